The van der Waals surface area contributed by atoms with Gasteiger partial charge in [-0.15, -0.1) is 0 Å². The predicted molar refractivity (Wildman–Crippen MR) is 120 cm³/mol. The molecule has 0 spiro atoms. The molecular weight excluding hydrogens is 394 g/mol. The Bertz CT molecular complexity index is 1290. The number of carbonyl (C=O) groups excluding carboxylic acids is 2. The van der Waals surface area contributed by atoms with Crippen molar-refractivity contribution in [2.24, 2.45) is 0 Å². The van der Waals surface area contributed by atoms with Gasteiger partial charge >= 0.3 is 6.03 Å². The minimum absolute atomic E-state index is 0.111. The van der Waals surface area contributed by atoms with Crippen LogP contribution in [0.3, 0.4) is 0 Å². The lowest BCUT2D eigenvalue weighted by Gasteiger charge is -2.15. The van der Waals surface area contributed by atoms with Crippen LogP contribution in [-0.2, 0) is 11.2 Å². The zero-order valence-corrected chi connectivity index (χ0v) is 16.4. The van der Waals surface area contributed by atoms with Gasteiger partial charge in [-0.25, -0.2) is 19.9 Å². The Morgan fingerprint density at radius 2 is 1.35 bits per heavy atom. The van der Waals surface area contributed by atoms with Crippen molar-refractivity contribution >= 4 is 34.2 Å². The van der Waals surface area contributed by atoms with Gasteiger partial charge in [0.05, 0.1) is 17.3 Å². The summed E-state index contributed by atoms with van der Waals surface area (Å²) in [7, 11) is 0. The molecular formula is C23H19N5O3. The Labute approximate surface area is 177 Å². The summed E-state index contributed by atoms with van der Waals surface area (Å²) in [5, 5.41) is 5.73. The van der Waals surface area contributed by atoms with Crippen LogP contribution in [0.4, 0.5) is 16.2 Å². The fourth-order valence-corrected chi connectivity index (χ4v) is 3.06. The zero-order chi connectivity index (χ0) is 21.6. The third-order valence-corrected chi connectivity index (χ3v) is 4.47. The van der Waals surface area contributed by atoms with Crippen LogP contribution in [0.15, 0.2) is 89.7 Å². The van der Waals surface area contributed by atoms with Gasteiger partial charge in [0.1, 0.15) is 5.82 Å². The summed E-state index contributed by atoms with van der Waals surface area (Å²) in [4.78, 5) is 42.5. The largest absolute Gasteiger partial charge is 0.338 e. The van der Waals surface area contributed by atoms with Gasteiger partial charge < -0.3 is 10.6 Å². The van der Waals surface area contributed by atoms with Gasteiger partial charge in [0, 0.05) is 11.4 Å². The van der Waals surface area contributed by atoms with Crippen LogP contribution in [-0.4, -0.2) is 21.6 Å². The minimum Gasteiger partial charge on any atom is -0.326 e. The third kappa shape index (κ3) is 4.76. The molecule has 0 saturated carbocycles. The minimum atomic E-state index is -0.630. The first-order chi connectivity index (χ1) is 15.1. The Kier molecular flexibility index (Phi) is 5.70. The predicted octanol–water partition coefficient (Wildman–Crippen LogP) is 3.35. The van der Waals surface area contributed by atoms with Crippen molar-refractivity contribution < 1.29 is 9.59 Å². The summed E-state index contributed by atoms with van der Waals surface area (Å²) in [6.45, 7) is 0. The van der Waals surface area contributed by atoms with Crippen LogP contribution in [0.5, 0.6) is 0 Å². The SMILES string of the molecule is O=C(Cc1nc2ccccc2c(=O)n1NC(=O)Nc1ccccc1)Nc1ccccc1. The number of aromatic nitrogens is 2. The fraction of sp³-hybridized carbons (Fsp3) is 0.0435. The number of anilines is 2. The number of para-hydroxylation sites is 3. The van der Waals surface area contributed by atoms with E-state index in [1.54, 1.807) is 72.8 Å². The van der Waals surface area contributed by atoms with E-state index in [9.17, 15) is 14.4 Å². The summed E-state index contributed by atoms with van der Waals surface area (Å²) >= 11 is 0. The molecule has 3 amide bonds. The maximum Gasteiger partial charge on any atom is 0.338 e. The molecule has 0 aliphatic rings. The lowest BCUT2D eigenvalue weighted by atomic mass is 10.2. The van der Waals surface area contributed by atoms with Crippen molar-refractivity contribution in [3.05, 3.63) is 101 Å². The maximum atomic E-state index is 13.0. The highest BCUT2D eigenvalue weighted by Gasteiger charge is 2.16. The molecule has 0 radical (unpaired) electrons. The van der Waals surface area contributed by atoms with Crippen molar-refractivity contribution in [2.75, 3.05) is 16.1 Å². The lowest BCUT2D eigenvalue weighted by molar-refractivity contribution is -0.115. The molecule has 8 nitrogen and oxygen atoms in total. The second-order valence-corrected chi connectivity index (χ2v) is 6.71. The van der Waals surface area contributed by atoms with E-state index >= 15 is 0 Å². The van der Waals surface area contributed by atoms with Gasteiger partial charge in [0.15, 0.2) is 0 Å². The van der Waals surface area contributed by atoms with Crippen molar-refractivity contribution in [1.82, 2.24) is 9.66 Å². The normalized spacial score (nSPS) is 10.5. The molecule has 0 unspecified atom stereocenters. The quantitative estimate of drug-likeness (QED) is 0.467. The van der Waals surface area contributed by atoms with Gasteiger partial charge in [0.25, 0.3) is 5.56 Å². The average Bonchev–Trinajstić information content (AvgIpc) is 2.78. The van der Waals surface area contributed by atoms with Crippen LogP contribution in [0.25, 0.3) is 10.9 Å². The van der Waals surface area contributed by atoms with E-state index in [1.165, 1.54) is 0 Å². The third-order valence-electron chi connectivity index (χ3n) is 4.47. The molecule has 154 valence electrons. The van der Waals surface area contributed by atoms with Gasteiger partial charge in [0.2, 0.25) is 5.91 Å². The molecule has 0 saturated heterocycles. The van der Waals surface area contributed by atoms with Crippen molar-refractivity contribution in [2.45, 2.75) is 6.42 Å². The summed E-state index contributed by atoms with van der Waals surface area (Å²) in [6.07, 6.45) is -0.208. The van der Waals surface area contributed by atoms with E-state index in [2.05, 4.69) is 21.0 Å². The molecule has 8 heteroatoms. The summed E-state index contributed by atoms with van der Waals surface area (Å²) in [5.74, 6) is -0.257. The first-order valence-corrected chi connectivity index (χ1v) is 9.59. The molecule has 0 aliphatic carbocycles. The molecule has 4 aromatic rings. The number of nitrogens with zero attached hydrogens (tertiary/aromatic N) is 2. The van der Waals surface area contributed by atoms with Crippen molar-refractivity contribution in [3.63, 3.8) is 0 Å². The first-order valence-electron chi connectivity index (χ1n) is 9.59. The zero-order valence-electron chi connectivity index (χ0n) is 16.4. The average molecular weight is 413 g/mol. The molecule has 3 N–H and O–H groups in total. The fourth-order valence-electron chi connectivity index (χ4n) is 3.06. The first kappa shape index (κ1) is 19.8. The smallest absolute Gasteiger partial charge is 0.326 e. The Balaban J connectivity index is 1.63. The van der Waals surface area contributed by atoms with Gasteiger partial charge in [-0.2, -0.15) is 0 Å². The molecule has 1 aromatic heterocycles. The van der Waals surface area contributed by atoms with Crippen LogP contribution < -0.4 is 21.6 Å². The molecule has 3 aromatic carbocycles. The highest BCUT2D eigenvalue weighted by molar-refractivity contribution is 5.96. The van der Waals surface area contributed by atoms with Crippen LogP contribution in [0, 0.1) is 0 Å². The second-order valence-electron chi connectivity index (χ2n) is 6.71. The summed E-state index contributed by atoms with van der Waals surface area (Å²) < 4.78 is 1.01. The summed E-state index contributed by atoms with van der Waals surface area (Å²) in [6, 6.07) is 23.9. The number of nitrogens with one attached hydrogen (secondary N) is 3. The van der Waals surface area contributed by atoms with Crippen molar-refractivity contribution in [1.29, 1.82) is 0 Å². The number of hydrogen-bond donors (Lipinski definition) is 3. The molecule has 31 heavy (non-hydrogen) atoms. The van der Waals surface area contributed by atoms with E-state index in [4.69, 9.17) is 0 Å². The van der Waals surface area contributed by atoms with E-state index < -0.39 is 11.6 Å². The number of hydrogen-bond acceptors (Lipinski definition) is 4. The molecule has 0 aliphatic heterocycles. The van der Waals surface area contributed by atoms with Gasteiger partial charge in [-0.3, -0.25) is 9.59 Å². The van der Waals surface area contributed by atoms with Crippen LogP contribution in [0.1, 0.15) is 5.82 Å². The number of fused-ring (bicyclic) bond motifs is 1. The number of urea groups is 1. The number of rotatable bonds is 5. The molecule has 0 atom stereocenters. The maximum absolute atomic E-state index is 13.0. The highest BCUT2D eigenvalue weighted by Crippen LogP contribution is 2.10. The van der Waals surface area contributed by atoms with Crippen LogP contribution in [0.2, 0.25) is 0 Å². The molecule has 0 fully saturated rings. The number of benzene rings is 3. The second kappa shape index (κ2) is 8.91. The van der Waals surface area contributed by atoms with Gasteiger partial charge in [-0.1, -0.05) is 48.5 Å². The monoisotopic (exact) mass is 413 g/mol. The Morgan fingerprint density at radius 3 is 2.03 bits per heavy atom. The van der Waals surface area contributed by atoms with E-state index in [0.717, 1.165) is 4.68 Å². The summed E-state index contributed by atoms with van der Waals surface area (Å²) in [5.41, 5.74) is 3.65. The van der Waals surface area contributed by atoms with E-state index in [0.29, 0.717) is 22.3 Å². The highest BCUT2D eigenvalue weighted by atomic mass is 16.2. The molecule has 0 bridgehead atoms. The van der Waals surface area contributed by atoms with Crippen molar-refractivity contribution in [3.8, 4) is 0 Å². The number of carbonyl (C=O) groups is 2. The lowest BCUT2D eigenvalue weighted by Crippen LogP contribution is -2.39. The molecule has 1 heterocycles. The Morgan fingerprint density at radius 1 is 0.774 bits per heavy atom. The number of amides is 3. The van der Waals surface area contributed by atoms with Crippen LogP contribution >= 0.6 is 0 Å². The molecule has 4 rings (SSSR count). The van der Waals surface area contributed by atoms with E-state index in [1.807, 2.05) is 12.1 Å². The topological polar surface area (TPSA) is 105 Å². The standard InChI is InChI=1S/C23H19N5O3/c29-21(24-16-9-3-1-4-10-16)15-20-26-19-14-8-7-13-18(19)22(30)28(20)27-23(31)25-17-11-5-2-6-12-17/h1-14H,15H2,(H,24,29)(H2,25,27,31). The van der Waals surface area contributed by atoms with E-state index in [-0.39, 0.29) is 18.2 Å². The Hall–Kier alpha value is -4.46. The van der Waals surface area contributed by atoms with Gasteiger partial charge in [-0.05, 0) is 36.4 Å².